The van der Waals surface area contributed by atoms with Gasteiger partial charge in [-0.25, -0.2) is 8.42 Å². The number of guanidine groups is 1. The summed E-state index contributed by atoms with van der Waals surface area (Å²) in [5.74, 6) is 2.95. The predicted molar refractivity (Wildman–Crippen MR) is 102 cm³/mol. The molecule has 1 aliphatic heterocycles. The Bertz CT molecular complexity index is 501. The molecule has 7 heteroatoms. The minimum Gasteiger partial charge on any atom is -0.356 e. The molecule has 0 aromatic rings. The molecule has 0 aromatic heterocycles. The molecule has 1 unspecified atom stereocenters. The fourth-order valence-electron chi connectivity index (χ4n) is 2.47. The Balaban J connectivity index is 2.56. The molecule has 0 radical (unpaired) electrons. The van der Waals surface area contributed by atoms with Crippen LogP contribution in [0.5, 0.6) is 0 Å². The van der Waals surface area contributed by atoms with Crippen molar-refractivity contribution < 1.29 is 8.42 Å². The SMILES string of the molecule is CN=C(NCC(C)(C)CCS(C)(=O)=O)N1CCSC(C(C)C)C1. The summed E-state index contributed by atoms with van der Waals surface area (Å²) >= 11 is 2.05. The number of nitrogens with zero attached hydrogens (tertiary/aromatic N) is 2. The van der Waals surface area contributed by atoms with Crippen molar-refractivity contribution in [2.45, 2.75) is 39.4 Å². The molecule has 1 atom stereocenters. The summed E-state index contributed by atoms with van der Waals surface area (Å²) in [7, 11) is -1.09. The Hall–Kier alpha value is -0.430. The zero-order chi connectivity index (χ0) is 17.7. The van der Waals surface area contributed by atoms with Crippen molar-refractivity contribution in [3.63, 3.8) is 0 Å². The van der Waals surface area contributed by atoms with Crippen LogP contribution in [0.15, 0.2) is 4.99 Å². The molecule has 1 rings (SSSR count). The summed E-state index contributed by atoms with van der Waals surface area (Å²) in [6, 6.07) is 0. The topological polar surface area (TPSA) is 61.8 Å². The van der Waals surface area contributed by atoms with Gasteiger partial charge in [0.05, 0.1) is 5.75 Å². The third-order valence-electron chi connectivity index (χ3n) is 4.22. The first-order valence-corrected chi connectivity index (χ1v) is 11.4. The number of thioether (sulfide) groups is 1. The van der Waals surface area contributed by atoms with E-state index in [0.717, 1.165) is 31.3 Å². The molecule has 0 bridgehead atoms. The summed E-state index contributed by atoms with van der Waals surface area (Å²) < 4.78 is 22.7. The molecule has 1 heterocycles. The zero-order valence-electron chi connectivity index (χ0n) is 15.4. The summed E-state index contributed by atoms with van der Waals surface area (Å²) in [6.07, 6.45) is 1.95. The molecule has 1 fully saturated rings. The van der Waals surface area contributed by atoms with Gasteiger partial charge in [0, 0.05) is 43.9 Å². The summed E-state index contributed by atoms with van der Waals surface area (Å²) in [4.78, 5) is 6.75. The average Bonchev–Trinajstić information content (AvgIpc) is 2.45. The lowest BCUT2D eigenvalue weighted by Crippen LogP contribution is -2.50. The lowest BCUT2D eigenvalue weighted by Gasteiger charge is -2.37. The highest BCUT2D eigenvalue weighted by Crippen LogP contribution is 2.25. The largest absolute Gasteiger partial charge is 0.356 e. The number of nitrogens with one attached hydrogen (secondary N) is 1. The molecule has 136 valence electrons. The second-order valence-electron chi connectivity index (χ2n) is 7.54. The highest BCUT2D eigenvalue weighted by Gasteiger charge is 2.26. The number of hydrogen-bond acceptors (Lipinski definition) is 4. The first-order valence-electron chi connectivity index (χ1n) is 8.29. The first-order chi connectivity index (χ1) is 10.5. The highest BCUT2D eigenvalue weighted by molar-refractivity contribution is 8.00. The van der Waals surface area contributed by atoms with Crippen molar-refractivity contribution in [3.05, 3.63) is 0 Å². The van der Waals surface area contributed by atoms with E-state index in [-0.39, 0.29) is 11.2 Å². The van der Waals surface area contributed by atoms with E-state index < -0.39 is 9.84 Å². The minimum absolute atomic E-state index is 0.0823. The van der Waals surface area contributed by atoms with E-state index in [1.807, 2.05) is 18.8 Å². The van der Waals surface area contributed by atoms with Crippen LogP contribution in [0.2, 0.25) is 0 Å². The summed E-state index contributed by atoms with van der Waals surface area (Å²) in [5.41, 5.74) is -0.0823. The number of aliphatic imine (C=N–C) groups is 1. The molecule has 0 saturated carbocycles. The molecule has 23 heavy (non-hydrogen) atoms. The molecule has 0 spiro atoms. The predicted octanol–water partition coefficient (Wildman–Crippen LogP) is 2.10. The standard InChI is InChI=1S/C16H33N3O2S2/c1-13(2)14-11-19(8-9-22-14)15(17-5)18-12-16(3,4)7-10-23(6,20)21/h13-14H,7-12H2,1-6H3,(H,17,18). The van der Waals surface area contributed by atoms with Crippen molar-refractivity contribution in [3.8, 4) is 0 Å². The van der Waals surface area contributed by atoms with Gasteiger partial charge in [0.2, 0.25) is 0 Å². The van der Waals surface area contributed by atoms with E-state index in [9.17, 15) is 8.42 Å². The fraction of sp³-hybridized carbons (Fsp3) is 0.938. The lowest BCUT2D eigenvalue weighted by molar-refractivity contribution is 0.330. The minimum atomic E-state index is -2.91. The van der Waals surface area contributed by atoms with Gasteiger partial charge in [-0.15, -0.1) is 0 Å². The number of sulfone groups is 1. The molecule has 0 amide bonds. The second-order valence-corrected chi connectivity index (χ2v) is 11.2. The van der Waals surface area contributed by atoms with Gasteiger partial charge in [-0.1, -0.05) is 27.7 Å². The third kappa shape index (κ3) is 7.79. The zero-order valence-corrected chi connectivity index (χ0v) is 17.1. The fourth-order valence-corrected chi connectivity index (χ4v) is 4.69. The average molecular weight is 364 g/mol. The van der Waals surface area contributed by atoms with Crippen molar-refractivity contribution in [2.75, 3.05) is 44.4 Å². The van der Waals surface area contributed by atoms with Crippen molar-refractivity contribution in [1.29, 1.82) is 0 Å². The van der Waals surface area contributed by atoms with Crippen molar-refractivity contribution >= 4 is 27.6 Å². The first kappa shape index (κ1) is 20.6. The summed E-state index contributed by atoms with van der Waals surface area (Å²) in [6.45, 7) is 11.5. The Labute approximate surface area is 146 Å². The number of rotatable bonds is 6. The second kappa shape index (κ2) is 8.60. The Morgan fingerprint density at radius 1 is 1.43 bits per heavy atom. The molecule has 1 saturated heterocycles. The maximum Gasteiger partial charge on any atom is 0.193 e. The molecule has 1 aliphatic rings. The molecular formula is C16H33N3O2S2. The van der Waals surface area contributed by atoms with Crippen LogP contribution in [-0.2, 0) is 9.84 Å². The smallest absolute Gasteiger partial charge is 0.193 e. The van der Waals surface area contributed by atoms with Crippen LogP contribution < -0.4 is 5.32 Å². The normalized spacial score (nSPS) is 20.9. The molecule has 0 aliphatic carbocycles. The van der Waals surface area contributed by atoms with E-state index in [1.165, 1.54) is 6.26 Å². The van der Waals surface area contributed by atoms with E-state index in [4.69, 9.17) is 0 Å². The van der Waals surface area contributed by atoms with E-state index in [2.05, 4.69) is 42.9 Å². The maximum atomic E-state index is 11.4. The van der Waals surface area contributed by atoms with Gasteiger partial charge in [0.1, 0.15) is 9.84 Å². The van der Waals surface area contributed by atoms with E-state index in [0.29, 0.717) is 17.6 Å². The highest BCUT2D eigenvalue weighted by atomic mass is 32.2. The molecule has 0 aromatic carbocycles. The monoisotopic (exact) mass is 363 g/mol. The third-order valence-corrected chi connectivity index (χ3v) is 6.71. The summed E-state index contributed by atoms with van der Waals surface area (Å²) in [5, 5.41) is 4.09. The molecular weight excluding hydrogens is 330 g/mol. The van der Waals surface area contributed by atoms with Gasteiger partial charge < -0.3 is 10.2 Å². The van der Waals surface area contributed by atoms with Crippen molar-refractivity contribution in [2.24, 2.45) is 16.3 Å². The van der Waals surface area contributed by atoms with Crippen LogP contribution in [0.25, 0.3) is 0 Å². The van der Waals surface area contributed by atoms with Crippen LogP contribution in [0, 0.1) is 11.3 Å². The van der Waals surface area contributed by atoms with Gasteiger partial charge in [-0.3, -0.25) is 4.99 Å². The van der Waals surface area contributed by atoms with E-state index >= 15 is 0 Å². The molecule has 1 N–H and O–H groups in total. The lowest BCUT2D eigenvalue weighted by atomic mass is 9.90. The van der Waals surface area contributed by atoms with Crippen molar-refractivity contribution in [1.82, 2.24) is 10.2 Å². The van der Waals surface area contributed by atoms with Crippen LogP contribution >= 0.6 is 11.8 Å². The molecule has 5 nitrogen and oxygen atoms in total. The van der Waals surface area contributed by atoms with Gasteiger partial charge in [-0.05, 0) is 17.8 Å². The van der Waals surface area contributed by atoms with Crippen LogP contribution in [0.3, 0.4) is 0 Å². The van der Waals surface area contributed by atoms with Crippen LogP contribution in [0.4, 0.5) is 0 Å². The van der Waals surface area contributed by atoms with Gasteiger partial charge >= 0.3 is 0 Å². The Morgan fingerprint density at radius 2 is 2.09 bits per heavy atom. The number of hydrogen-bond donors (Lipinski definition) is 1. The van der Waals surface area contributed by atoms with Gasteiger partial charge in [0.15, 0.2) is 5.96 Å². The maximum absolute atomic E-state index is 11.4. The van der Waals surface area contributed by atoms with Crippen LogP contribution in [0.1, 0.15) is 34.1 Å². The van der Waals surface area contributed by atoms with Gasteiger partial charge in [0.25, 0.3) is 0 Å². The van der Waals surface area contributed by atoms with Crippen LogP contribution in [-0.4, -0.2) is 69.0 Å². The van der Waals surface area contributed by atoms with Gasteiger partial charge in [-0.2, -0.15) is 11.8 Å². The Kier molecular flexibility index (Phi) is 7.71. The quantitative estimate of drug-likeness (QED) is 0.578. The van der Waals surface area contributed by atoms with E-state index in [1.54, 1.807) is 0 Å². The Morgan fingerprint density at radius 3 is 2.61 bits per heavy atom.